The van der Waals surface area contributed by atoms with Crippen LogP contribution >= 0.6 is 23.2 Å². The molecule has 0 bridgehead atoms. The van der Waals surface area contributed by atoms with Crippen LogP contribution in [0.15, 0.2) is 97.5 Å². The quantitative estimate of drug-likeness (QED) is 0.200. The number of benzene rings is 3. The van der Waals surface area contributed by atoms with Crippen molar-refractivity contribution in [3.05, 3.63) is 119 Å². The highest BCUT2D eigenvalue weighted by molar-refractivity contribution is 6.33. The van der Waals surface area contributed by atoms with Crippen LogP contribution in [0.1, 0.15) is 28.3 Å². The standard InChI is InChI=1S/C30H23Cl2N3O5/c31-21-12-10-19(11-13-21)25(40-30(38)20-8-6-18(7-9-20)17-4-2-1-3-5-17)26-23(36)24(37)29(39-26)35-15-14-22-27(32)33-16-34-28(22)35/h1-16,23-26,29,36-37H/t23-,24+,25+,26-,29+/m0/s1. The number of aliphatic hydroxyl groups is 2. The SMILES string of the molecule is O=C(O[C@H](c1ccc(Cl)cc1)[C@H]1O[C@@H](n2ccc3c(Cl)ncnc32)[C@H](O)[C@@H]1O)c1ccc(-c2ccccc2)cc1. The second kappa shape index (κ2) is 11.0. The number of nitrogens with zero attached hydrogens (tertiary/aromatic N) is 3. The lowest BCUT2D eigenvalue weighted by Gasteiger charge is -2.26. The van der Waals surface area contributed by atoms with Crippen LogP contribution in [0.5, 0.6) is 0 Å². The minimum Gasteiger partial charge on any atom is -0.451 e. The summed E-state index contributed by atoms with van der Waals surface area (Å²) < 4.78 is 13.7. The van der Waals surface area contributed by atoms with E-state index in [4.69, 9.17) is 32.7 Å². The van der Waals surface area contributed by atoms with Crippen LogP contribution < -0.4 is 0 Å². The molecule has 2 aromatic heterocycles. The molecule has 1 aliphatic heterocycles. The molecule has 0 amide bonds. The van der Waals surface area contributed by atoms with Crippen LogP contribution in [-0.2, 0) is 9.47 Å². The number of hydrogen-bond acceptors (Lipinski definition) is 7. The maximum absolute atomic E-state index is 13.3. The molecule has 6 rings (SSSR count). The van der Waals surface area contributed by atoms with E-state index in [-0.39, 0.29) is 5.15 Å². The molecule has 0 aliphatic carbocycles. The molecule has 0 unspecified atom stereocenters. The monoisotopic (exact) mass is 575 g/mol. The van der Waals surface area contributed by atoms with E-state index in [0.717, 1.165) is 11.1 Å². The molecule has 0 spiro atoms. The number of aliphatic hydroxyl groups excluding tert-OH is 2. The van der Waals surface area contributed by atoms with E-state index in [9.17, 15) is 15.0 Å². The molecule has 1 aliphatic rings. The third kappa shape index (κ3) is 4.96. The van der Waals surface area contributed by atoms with Crippen LogP contribution in [0.4, 0.5) is 0 Å². The Morgan fingerprint density at radius 2 is 1.57 bits per heavy atom. The lowest BCUT2D eigenvalue weighted by molar-refractivity contribution is -0.0916. The van der Waals surface area contributed by atoms with Crippen molar-refractivity contribution < 1.29 is 24.5 Å². The van der Waals surface area contributed by atoms with Gasteiger partial charge in [-0.05, 0) is 47.0 Å². The van der Waals surface area contributed by atoms with Gasteiger partial charge in [0.1, 0.15) is 35.4 Å². The van der Waals surface area contributed by atoms with Gasteiger partial charge in [0.2, 0.25) is 0 Å². The van der Waals surface area contributed by atoms with E-state index >= 15 is 0 Å². The molecule has 5 aromatic rings. The Labute approximate surface area is 239 Å². The summed E-state index contributed by atoms with van der Waals surface area (Å²) in [6, 6.07) is 25.2. The first-order chi connectivity index (χ1) is 19.4. The highest BCUT2D eigenvalue weighted by atomic mass is 35.5. The third-order valence-corrected chi connectivity index (χ3v) is 7.52. The third-order valence-electron chi connectivity index (χ3n) is 6.97. The summed E-state index contributed by atoms with van der Waals surface area (Å²) in [5, 5.41) is 23.5. The van der Waals surface area contributed by atoms with Gasteiger partial charge in [-0.25, -0.2) is 14.8 Å². The van der Waals surface area contributed by atoms with E-state index in [1.807, 2.05) is 42.5 Å². The van der Waals surface area contributed by atoms with E-state index in [2.05, 4.69) is 9.97 Å². The average Bonchev–Trinajstić information content (AvgIpc) is 3.54. The summed E-state index contributed by atoms with van der Waals surface area (Å²) in [6.45, 7) is 0. The zero-order valence-corrected chi connectivity index (χ0v) is 22.4. The van der Waals surface area contributed by atoms with Crippen molar-refractivity contribution >= 4 is 40.2 Å². The summed E-state index contributed by atoms with van der Waals surface area (Å²) in [5.74, 6) is -0.612. The minimum absolute atomic E-state index is 0.250. The average molecular weight is 576 g/mol. The number of rotatable bonds is 6. The zero-order valence-electron chi connectivity index (χ0n) is 20.8. The normalized spacial score (nSPS) is 21.4. The molecule has 40 heavy (non-hydrogen) atoms. The van der Waals surface area contributed by atoms with Gasteiger partial charge in [0.05, 0.1) is 10.9 Å². The lowest BCUT2D eigenvalue weighted by atomic mass is 9.98. The van der Waals surface area contributed by atoms with Crippen molar-refractivity contribution in [1.82, 2.24) is 14.5 Å². The van der Waals surface area contributed by atoms with Crippen molar-refractivity contribution in [2.45, 2.75) is 30.6 Å². The number of ether oxygens (including phenoxy) is 2. The Bertz CT molecular complexity index is 1640. The Hall–Kier alpha value is -3.79. The van der Waals surface area contributed by atoms with E-state index in [1.165, 1.54) is 6.33 Å². The highest BCUT2D eigenvalue weighted by Crippen LogP contribution is 2.40. The number of carbonyl (C=O) groups excluding carboxylic acids is 1. The first kappa shape index (κ1) is 26.4. The maximum Gasteiger partial charge on any atom is 0.338 e. The second-order valence-corrected chi connectivity index (χ2v) is 10.2. The Morgan fingerprint density at radius 3 is 2.30 bits per heavy atom. The molecule has 2 N–H and O–H groups in total. The molecule has 0 radical (unpaired) electrons. The predicted molar refractivity (Wildman–Crippen MR) is 150 cm³/mol. The summed E-state index contributed by atoms with van der Waals surface area (Å²) >= 11 is 12.3. The largest absolute Gasteiger partial charge is 0.451 e. The number of aromatic nitrogens is 3. The summed E-state index contributed by atoms with van der Waals surface area (Å²) in [7, 11) is 0. The van der Waals surface area contributed by atoms with Crippen molar-refractivity contribution in [2.75, 3.05) is 0 Å². The summed E-state index contributed by atoms with van der Waals surface area (Å²) in [6.07, 6.45) is -3.00. The summed E-state index contributed by atoms with van der Waals surface area (Å²) in [4.78, 5) is 21.6. The predicted octanol–water partition coefficient (Wildman–Crippen LogP) is 5.62. The van der Waals surface area contributed by atoms with Gasteiger partial charge in [0.15, 0.2) is 12.3 Å². The number of halogens is 2. The van der Waals surface area contributed by atoms with Gasteiger partial charge in [-0.2, -0.15) is 0 Å². The topological polar surface area (TPSA) is 107 Å². The van der Waals surface area contributed by atoms with Gasteiger partial charge in [-0.1, -0.05) is 77.8 Å². The van der Waals surface area contributed by atoms with Crippen LogP contribution in [0.25, 0.3) is 22.2 Å². The number of carbonyl (C=O) groups is 1. The first-order valence-electron chi connectivity index (χ1n) is 12.5. The maximum atomic E-state index is 13.3. The van der Waals surface area contributed by atoms with Crippen molar-refractivity contribution in [3.8, 4) is 11.1 Å². The molecule has 202 valence electrons. The molecule has 5 atom stereocenters. The smallest absolute Gasteiger partial charge is 0.338 e. The Morgan fingerprint density at radius 1 is 0.875 bits per heavy atom. The van der Waals surface area contributed by atoms with Gasteiger partial charge in [-0.3, -0.25) is 0 Å². The second-order valence-electron chi connectivity index (χ2n) is 9.42. The molecular weight excluding hydrogens is 553 g/mol. The van der Waals surface area contributed by atoms with Crippen molar-refractivity contribution in [2.24, 2.45) is 0 Å². The van der Waals surface area contributed by atoms with Crippen molar-refractivity contribution in [3.63, 3.8) is 0 Å². The molecule has 0 saturated carbocycles. The molecule has 1 saturated heterocycles. The number of hydrogen-bond donors (Lipinski definition) is 2. The van der Waals surface area contributed by atoms with Crippen molar-refractivity contribution in [1.29, 1.82) is 0 Å². The highest BCUT2D eigenvalue weighted by Gasteiger charge is 2.49. The fourth-order valence-electron chi connectivity index (χ4n) is 4.90. The van der Waals surface area contributed by atoms with E-state index in [0.29, 0.717) is 27.2 Å². The fraction of sp³-hybridized carbons (Fsp3) is 0.167. The molecule has 3 aromatic carbocycles. The minimum atomic E-state index is -1.39. The van der Waals surface area contributed by atoms with Crippen LogP contribution in [0, 0.1) is 0 Å². The lowest BCUT2D eigenvalue weighted by Crippen LogP contribution is -2.36. The van der Waals surface area contributed by atoms with Crippen LogP contribution in [0.2, 0.25) is 10.2 Å². The van der Waals surface area contributed by atoms with Gasteiger partial charge in [0.25, 0.3) is 0 Å². The molecule has 10 heteroatoms. The van der Waals surface area contributed by atoms with Gasteiger partial charge in [0, 0.05) is 11.2 Å². The molecular formula is C30H23Cl2N3O5. The summed E-state index contributed by atoms with van der Waals surface area (Å²) in [5.41, 5.74) is 3.27. The van der Waals surface area contributed by atoms with E-state index < -0.39 is 36.6 Å². The van der Waals surface area contributed by atoms with Gasteiger partial charge >= 0.3 is 5.97 Å². The Kier molecular flexibility index (Phi) is 7.27. The van der Waals surface area contributed by atoms with Crippen LogP contribution in [0.3, 0.4) is 0 Å². The first-order valence-corrected chi connectivity index (χ1v) is 13.3. The van der Waals surface area contributed by atoms with E-state index in [1.54, 1.807) is 53.2 Å². The molecule has 1 fully saturated rings. The number of esters is 1. The fourth-order valence-corrected chi connectivity index (χ4v) is 5.22. The van der Waals surface area contributed by atoms with Gasteiger partial charge in [-0.15, -0.1) is 0 Å². The molecule has 8 nitrogen and oxygen atoms in total. The molecule has 3 heterocycles. The van der Waals surface area contributed by atoms with Crippen LogP contribution in [-0.4, -0.2) is 49.0 Å². The van der Waals surface area contributed by atoms with Gasteiger partial charge < -0.3 is 24.3 Å². The zero-order chi connectivity index (χ0) is 27.8. The number of fused-ring (bicyclic) bond motifs is 1. The Balaban J connectivity index is 1.30.